The third-order valence-corrected chi connectivity index (χ3v) is 3.95. The summed E-state index contributed by atoms with van der Waals surface area (Å²) in [5.74, 6) is 1.10. The number of nitrogens with zero attached hydrogens (tertiary/aromatic N) is 1. The molecular weight excluding hydrogens is 232 g/mol. The van der Waals surface area contributed by atoms with Crippen LogP contribution in [0.15, 0.2) is 18.5 Å². The van der Waals surface area contributed by atoms with Crippen molar-refractivity contribution in [2.75, 3.05) is 11.1 Å². The second-order valence-corrected chi connectivity index (χ2v) is 5.06. The Labute approximate surface area is 97.6 Å². The fourth-order valence-corrected chi connectivity index (χ4v) is 2.78. The lowest BCUT2D eigenvalue weighted by atomic mass is 10.2. The number of anilines is 1. The minimum Gasteiger partial charge on any atom is -0.323 e. The van der Waals surface area contributed by atoms with E-state index in [2.05, 4.69) is 10.3 Å². The summed E-state index contributed by atoms with van der Waals surface area (Å²) in [5, 5.41) is 3.40. The first kappa shape index (κ1) is 10.8. The van der Waals surface area contributed by atoms with Gasteiger partial charge in [-0.1, -0.05) is 11.6 Å². The summed E-state index contributed by atoms with van der Waals surface area (Å²) in [6.45, 7) is 0. The average Bonchev–Trinajstić information content (AvgIpc) is 2.74. The van der Waals surface area contributed by atoms with Gasteiger partial charge in [0.1, 0.15) is 0 Å². The molecule has 0 saturated carbocycles. The zero-order valence-electron chi connectivity index (χ0n) is 8.07. The first-order chi connectivity index (χ1) is 7.27. The van der Waals surface area contributed by atoms with Gasteiger partial charge in [-0.15, -0.1) is 11.8 Å². The molecule has 2 heterocycles. The second kappa shape index (κ2) is 4.86. The molecular formula is C10H11ClN2OS. The molecule has 1 amide bonds. The van der Waals surface area contributed by atoms with Crippen molar-refractivity contribution in [2.24, 2.45) is 0 Å². The standard InChI is InChI=1S/C10H11ClN2OS/c11-7-3-4-12-6-8(7)13-10(14)9-2-1-5-15-9/h3-4,6,9H,1-2,5H2,(H,13,14). The molecule has 2 rings (SSSR count). The summed E-state index contributed by atoms with van der Waals surface area (Å²) in [6.07, 6.45) is 5.24. The van der Waals surface area contributed by atoms with Gasteiger partial charge < -0.3 is 5.32 Å². The molecule has 1 aromatic rings. The molecule has 1 N–H and O–H groups in total. The van der Waals surface area contributed by atoms with E-state index in [0.717, 1.165) is 18.6 Å². The van der Waals surface area contributed by atoms with Gasteiger partial charge in [-0.05, 0) is 24.7 Å². The Morgan fingerprint density at radius 1 is 1.67 bits per heavy atom. The van der Waals surface area contributed by atoms with Crippen molar-refractivity contribution in [1.82, 2.24) is 4.98 Å². The van der Waals surface area contributed by atoms with Crippen LogP contribution < -0.4 is 5.32 Å². The molecule has 0 aliphatic carbocycles. The quantitative estimate of drug-likeness (QED) is 0.867. The van der Waals surface area contributed by atoms with Crippen molar-refractivity contribution < 1.29 is 4.79 Å². The normalized spacial score (nSPS) is 20.2. The van der Waals surface area contributed by atoms with Crippen molar-refractivity contribution in [3.05, 3.63) is 23.5 Å². The van der Waals surface area contributed by atoms with E-state index in [1.165, 1.54) is 0 Å². The molecule has 1 fully saturated rings. The fourth-order valence-electron chi connectivity index (χ4n) is 1.47. The first-order valence-electron chi connectivity index (χ1n) is 4.79. The molecule has 5 heteroatoms. The number of carbonyl (C=O) groups is 1. The number of nitrogens with one attached hydrogen (secondary N) is 1. The van der Waals surface area contributed by atoms with Crippen LogP contribution in [0.2, 0.25) is 5.02 Å². The van der Waals surface area contributed by atoms with Crippen LogP contribution in [0, 0.1) is 0 Å². The zero-order valence-corrected chi connectivity index (χ0v) is 9.64. The Kier molecular flexibility index (Phi) is 3.49. The Hall–Kier alpha value is -0.740. The van der Waals surface area contributed by atoms with E-state index in [0.29, 0.717) is 10.7 Å². The number of hydrogen-bond donors (Lipinski definition) is 1. The molecule has 0 aromatic carbocycles. The number of amides is 1. The fraction of sp³-hybridized carbons (Fsp3) is 0.400. The molecule has 1 atom stereocenters. The van der Waals surface area contributed by atoms with Gasteiger partial charge in [0, 0.05) is 6.20 Å². The molecule has 1 saturated heterocycles. The molecule has 80 valence electrons. The lowest BCUT2D eigenvalue weighted by Crippen LogP contribution is -2.23. The summed E-state index contributed by atoms with van der Waals surface area (Å²) in [6, 6.07) is 1.67. The molecule has 0 spiro atoms. The second-order valence-electron chi connectivity index (χ2n) is 3.35. The monoisotopic (exact) mass is 242 g/mol. The van der Waals surface area contributed by atoms with E-state index in [1.54, 1.807) is 30.2 Å². The van der Waals surface area contributed by atoms with Crippen molar-refractivity contribution in [3.8, 4) is 0 Å². The largest absolute Gasteiger partial charge is 0.323 e. The Bertz CT molecular complexity index is 366. The maximum absolute atomic E-state index is 11.7. The molecule has 15 heavy (non-hydrogen) atoms. The van der Waals surface area contributed by atoms with E-state index in [9.17, 15) is 4.79 Å². The number of hydrogen-bond acceptors (Lipinski definition) is 3. The van der Waals surface area contributed by atoms with E-state index in [1.807, 2.05) is 0 Å². The summed E-state index contributed by atoms with van der Waals surface area (Å²) < 4.78 is 0. The summed E-state index contributed by atoms with van der Waals surface area (Å²) in [4.78, 5) is 15.7. The molecule has 1 aliphatic rings. The van der Waals surface area contributed by atoms with Gasteiger partial charge in [0.25, 0.3) is 0 Å². The predicted octanol–water partition coefficient (Wildman–Crippen LogP) is 2.57. The minimum atomic E-state index is 0.0346. The lowest BCUT2D eigenvalue weighted by molar-refractivity contribution is -0.115. The number of carbonyl (C=O) groups excluding carboxylic acids is 1. The molecule has 3 nitrogen and oxygen atoms in total. The van der Waals surface area contributed by atoms with E-state index < -0.39 is 0 Å². The van der Waals surface area contributed by atoms with Gasteiger partial charge in [-0.3, -0.25) is 9.78 Å². The highest BCUT2D eigenvalue weighted by molar-refractivity contribution is 8.00. The minimum absolute atomic E-state index is 0.0346. The molecule has 0 bridgehead atoms. The predicted molar refractivity (Wildman–Crippen MR) is 63.4 cm³/mol. The van der Waals surface area contributed by atoms with Crippen LogP contribution in [0.1, 0.15) is 12.8 Å². The SMILES string of the molecule is O=C(Nc1cnccc1Cl)C1CCCS1. The van der Waals surface area contributed by atoms with Gasteiger partial charge in [0.2, 0.25) is 5.91 Å². The Morgan fingerprint density at radius 3 is 3.20 bits per heavy atom. The topological polar surface area (TPSA) is 42.0 Å². The first-order valence-corrected chi connectivity index (χ1v) is 6.22. The highest BCUT2D eigenvalue weighted by atomic mass is 35.5. The van der Waals surface area contributed by atoms with Crippen molar-refractivity contribution in [3.63, 3.8) is 0 Å². The van der Waals surface area contributed by atoms with Crippen LogP contribution in [0.5, 0.6) is 0 Å². The van der Waals surface area contributed by atoms with Crippen LogP contribution in [-0.2, 0) is 4.79 Å². The van der Waals surface area contributed by atoms with Gasteiger partial charge in [0.15, 0.2) is 0 Å². The van der Waals surface area contributed by atoms with Crippen LogP contribution >= 0.6 is 23.4 Å². The van der Waals surface area contributed by atoms with Crippen LogP contribution in [0.3, 0.4) is 0 Å². The summed E-state index contributed by atoms with van der Waals surface area (Å²) in [7, 11) is 0. The number of halogens is 1. The summed E-state index contributed by atoms with van der Waals surface area (Å²) >= 11 is 7.61. The van der Waals surface area contributed by atoms with Crippen molar-refractivity contribution >= 4 is 35.0 Å². The number of thioether (sulfide) groups is 1. The maximum atomic E-state index is 11.7. The van der Waals surface area contributed by atoms with Crippen LogP contribution in [-0.4, -0.2) is 21.9 Å². The van der Waals surface area contributed by atoms with E-state index in [4.69, 9.17) is 11.6 Å². The number of rotatable bonds is 2. The zero-order chi connectivity index (χ0) is 10.7. The van der Waals surface area contributed by atoms with Gasteiger partial charge >= 0.3 is 0 Å². The smallest absolute Gasteiger partial charge is 0.237 e. The van der Waals surface area contributed by atoms with Crippen molar-refractivity contribution in [1.29, 1.82) is 0 Å². The highest BCUT2D eigenvalue weighted by Gasteiger charge is 2.23. The molecule has 1 unspecified atom stereocenters. The molecule has 0 radical (unpaired) electrons. The summed E-state index contributed by atoms with van der Waals surface area (Å²) in [5.41, 5.74) is 0.594. The van der Waals surface area contributed by atoms with Gasteiger partial charge in [-0.25, -0.2) is 0 Å². The molecule has 1 aliphatic heterocycles. The molecule has 1 aromatic heterocycles. The van der Waals surface area contributed by atoms with E-state index in [-0.39, 0.29) is 11.2 Å². The lowest BCUT2D eigenvalue weighted by Gasteiger charge is -2.10. The van der Waals surface area contributed by atoms with Gasteiger partial charge in [0.05, 0.1) is 22.2 Å². The van der Waals surface area contributed by atoms with Crippen LogP contribution in [0.25, 0.3) is 0 Å². The van der Waals surface area contributed by atoms with Gasteiger partial charge in [-0.2, -0.15) is 0 Å². The van der Waals surface area contributed by atoms with E-state index >= 15 is 0 Å². The highest BCUT2D eigenvalue weighted by Crippen LogP contribution is 2.28. The Balaban J connectivity index is 2.02. The maximum Gasteiger partial charge on any atom is 0.237 e. The number of aromatic nitrogens is 1. The third-order valence-electron chi connectivity index (χ3n) is 2.25. The average molecular weight is 243 g/mol. The number of pyridine rings is 1. The van der Waals surface area contributed by atoms with Crippen molar-refractivity contribution in [2.45, 2.75) is 18.1 Å². The third kappa shape index (κ3) is 2.63. The van der Waals surface area contributed by atoms with Crippen LogP contribution in [0.4, 0.5) is 5.69 Å². The Morgan fingerprint density at radius 2 is 2.53 bits per heavy atom.